The molecule has 7 aromatic rings. The maximum atomic E-state index is 12.9. The van der Waals surface area contributed by atoms with Crippen molar-refractivity contribution in [1.82, 2.24) is 13.9 Å². The molecule has 0 amide bonds. The average Bonchev–Trinajstić information content (AvgIpc) is 3.93. The SMILES string of the molecule is CCC.CCC(=O)c1c[nH]c2cc(Br)ccc12.CCC(=O)c1c[nH]c2cc(N(C)C)ccc12.CCC(=O)c1cn(S(=O)(=O)c2ccccc2)c2cc(Br)ccc12. The highest BCUT2D eigenvalue weighted by Gasteiger charge is 2.23. The fraction of sp³-hybridized carbons (Fsp3) is 0.250. The highest BCUT2D eigenvalue weighted by Crippen LogP contribution is 2.30. The van der Waals surface area contributed by atoms with Gasteiger partial charge in [-0.1, -0.05) is 109 Å². The first-order valence-corrected chi connectivity index (χ1v) is 21.5. The van der Waals surface area contributed by atoms with E-state index in [1.165, 1.54) is 16.6 Å². The van der Waals surface area contributed by atoms with Crippen LogP contribution in [0.2, 0.25) is 0 Å². The highest BCUT2D eigenvalue weighted by molar-refractivity contribution is 9.10. The molecule has 3 aromatic heterocycles. The summed E-state index contributed by atoms with van der Waals surface area (Å²) in [6.07, 6.45) is 7.66. The number of anilines is 1. The largest absolute Gasteiger partial charge is 0.378 e. The number of Topliss-reactive ketones (excluding diaryl/α,β-unsaturated/α-hetero) is 3. The van der Waals surface area contributed by atoms with Crippen LogP contribution in [0.5, 0.6) is 0 Å². The Bertz CT molecular complexity index is 2570. The fourth-order valence-corrected chi connectivity index (χ4v) is 7.91. The van der Waals surface area contributed by atoms with Gasteiger partial charge in [0.05, 0.1) is 10.4 Å². The van der Waals surface area contributed by atoms with Crippen LogP contribution < -0.4 is 4.90 Å². The number of carbonyl (C=O) groups excluding carboxylic acids is 3. The average molecular weight is 905 g/mol. The van der Waals surface area contributed by atoms with E-state index < -0.39 is 10.0 Å². The van der Waals surface area contributed by atoms with Crippen LogP contribution in [0.4, 0.5) is 5.69 Å². The summed E-state index contributed by atoms with van der Waals surface area (Å²) < 4.78 is 28.8. The number of rotatable bonds is 9. The molecule has 0 aliphatic carbocycles. The van der Waals surface area contributed by atoms with Crippen molar-refractivity contribution in [2.24, 2.45) is 0 Å². The van der Waals surface area contributed by atoms with Crippen LogP contribution in [0.1, 0.15) is 91.4 Å². The maximum absolute atomic E-state index is 12.9. The Labute approximate surface area is 345 Å². The third-order valence-electron chi connectivity index (χ3n) is 8.72. The third kappa shape index (κ3) is 10.1. The summed E-state index contributed by atoms with van der Waals surface area (Å²) in [6, 6.07) is 25.4. The van der Waals surface area contributed by atoms with Crippen molar-refractivity contribution in [2.75, 3.05) is 19.0 Å². The molecule has 0 bridgehead atoms. The summed E-state index contributed by atoms with van der Waals surface area (Å²) in [7, 11) is 0.245. The molecule has 3 heterocycles. The molecule has 0 saturated carbocycles. The molecule has 2 N–H and O–H groups in total. The number of hydrogen-bond acceptors (Lipinski definition) is 6. The second-order valence-electron chi connectivity index (χ2n) is 13.1. The van der Waals surface area contributed by atoms with Crippen molar-refractivity contribution < 1.29 is 22.8 Å². The summed E-state index contributed by atoms with van der Waals surface area (Å²) in [5, 5.41) is 2.65. The molecule has 0 aliphatic heterocycles. The molecule has 9 nitrogen and oxygen atoms in total. The van der Waals surface area contributed by atoms with Gasteiger partial charge in [0.2, 0.25) is 0 Å². The molecule has 0 spiro atoms. The topological polar surface area (TPSA) is 125 Å². The molecule has 0 radical (unpaired) electrons. The molecule has 0 fully saturated rings. The molecule has 0 unspecified atom stereocenters. The smallest absolute Gasteiger partial charge is 0.268 e. The minimum absolute atomic E-state index is 0.0839. The van der Waals surface area contributed by atoms with Gasteiger partial charge in [0.25, 0.3) is 10.0 Å². The van der Waals surface area contributed by atoms with Crippen molar-refractivity contribution in [3.8, 4) is 0 Å². The summed E-state index contributed by atoms with van der Waals surface area (Å²) in [4.78, 5) is 43.9. The van der Waals surface area contributed by atoms with E-state index in [0.717, 1.165) is 47.6 Å². The van der Waals surface area contributed by atoms with Crippen LogP contribution in [0.15, 0.2) is 117 Å². The van der Waals surface area contributed by atoms with Crippen LogP contribution in [-0.4, -0.2) is 53.8 Å². The Kier molecular flexibility index (Phi) is 15.6. The highest BCUT2D eigenvalue weighted by atomic mass is 79.9. The number of ketones is 3. The molecule has 12 heteroatoms. The fourth-order valence-electron chi connectivity index (χ4n) is 5.82. The van der Waals surface area contributed by atoms with Crippen LogP contribution in [0.25, 0.3) is 32.7 Å². The lowest BCUT2D eigenvalue weighted by Gasteiger charge is -2.11. The minimum Gasteiger partial charge on any atom is -0.378 e. The number of aromatic nitrogens is 3. The van der Waals surface area contributed by atoms with Crippen molar-refractivity contribution in [2.45, 2.75) is 65.2 Å². The predicted molar refractivity (Wildman–Crippen MR) is 237 cm³/mol. The van der Waals surface area contributed by atoms with Crippen LogP contribution in [0, 0.1) is 0 Å². The Morgan fingerprint density at radius 2 is 1.09 bits per heavy atom. The van der Waals surface area contributed by atoms with E-state index in [9.17, 15) is 22.8 Å². The number of hydrogen-bond donors (Lipinski definition) is 2. The lowest BCUT2D eigenvalue weighted by Crippen LogP contribution is -2.11. The molecule has 4 aromatic carbocycles. The third-order valence-corrected chi connectivity index (χ3v) is 11.4. The van der Waals surface area contributed by atoms with Crippen LogP contribution in [0.3, 0.4) is 0 Å². The summed E-state index contributed by atoms with van der Waals surface area (Å²) in [5.41, 5.74) is 5.64. The van der Waals surface area contributed by atoms with E-state index in [0.29, 0.717) is 35.7 Å². The Morgan fingerprint density at radius 3 is 1.61 bits per heavy atom. The van der Waals surface area contributed by atoms with E-state index in [1.54, 1.807) is 67.8 Å². The van der Waals surface area contributed by atoms with Gasteiger partial charge in [0.15, 0.2) is 17.3 Å². The number of fused-ring (bicyclic) bond motifs is 3. The number of carbonyl (C=O) groups is 3. The monoisotopic (exact) mass is 902 g/mol. The standard InChI is InChI=1S/C17H14BrNO3S.C13H16N2O.C11H10BrNO.C3H8/c1-2-17(20)15-11-19(16-10-12(18)8-9-14(15)16)23(21,22)13-6-4-3-5-7-13;1-4-13(16)11-8-14-12-7-9(15(2)3)5-6-10(11)12;1-2-11(14)9-6-13-10-5-7(12)3-4-8(9)10;1-3-2/h3-11H,2H2,1H3;5-8,14H,4H2,1-3H3;3-6,13H,2H2,1H3;3H2,1-2H3. The van der Waals surface area contributed by atoms with E-state index in [1.807, 2.05) is 63.2 Å². The van der Waals surface area contributed by atoms with Gasteiger partial charge < -0.3 is 14.9 Å². The molecular weight excluding hydrogens is 856 g/mol. The molecule has 7 rings (SSSR count). The first kappa shape index (κ1) is 43.9. The van der Waals surface area contributed by atoms with E-state index in [2.05, 4.69) is 61.7 Å². The van der Waals surface area contributed by atoms with Gasteiger partial charge in [-0.25, -0.2) is 12.4 Å². The van der Waals surface area contributed by atoms with Gasteiger partial charge in [-0.05, 0) is 48.5 Å². The van der Waals surface area contributed by atoms with Gasteiger partial charge in [-0.15, -0.1) is 0 Å². The van der Waals surface area contributed by atoms with Gasteiger partial charge >= 0.3 is 0 Å². The van der Waals surface area contributed by atoms with Crippen molar-refractivity contribution in [3.63, 3.8) is 0 Å². The number of H-pyrrole nitrogens is 2. The van der Waals surface area contributed by atoms with Crippen LogP contribution in [-0.2, 0) is 10.0 Å². The van der Waals surface area contributed by atoms with Crippen molar-refractivity contribution in [1.29, 1.82) is 0 Å². The number of halogens is 2. The maximum Gasteiger partial charge on any atom is 0.268 e. The lowest BCUT2D eigenvalue weighted by molar-refractivity contribution is 0.0981. The first-order valence-electron chi connectivity index (χ1n) is 18.5. The molecule has 56 heavy (non-hydrogen) atoms. The Hall–Kier alpha value is -4.78. The minimum atomic E-state index is -3.76. The van der Waals surface area contributed by atoms with Crippen molar-refractivity contribution >= 4 is 97.6 Å². The Morgan fingerprint density at radius 1 is 0.625 bits per heavy atom. The van der Waals surface area contributed by atoms with Gasteiger partial charge in [-0.3, -0.25) is 14.4 Å². The zero-order chi connectivity index (χ0) is 41.2. The van der Waals surface area contributed by atoms with Gasteiger partial charge in [-0.2, -0.15) is 0 Å². The normalized spacial score (nSPS) is 10.9. The second-order valence-corrected chi connectivity index (χ2v) is 16.7. The zero-order valence-corrected chi connectivity index (χ0v) is 36.7. The number of benzene rings is 4. The molecule has 0 saturated heterocycles. The first-order chi connectivity index (χ1) is 26.7. The summed E-state index contributed by atoms with van der Waals surface area (Å²) >= 11 is 6.75. The second kappa shape index (κ2) is 19.9. The zero-order valence-electron chi connectivity index (χ0n) is 32.7. The number of aromatic amines is 2. The summed E-state index contributed by atoms with van der Waals surface area (Å²) in [5.74, 6) is 0.279. The molecule has 0 atom stereocenters. The Balaban J connectivity index is 0.000000186. The molecular formula is C44H48Br2N4O5S. The number of nitrogens with one attached hydrogen (secondary N) is 2. The van der Waals surface area contributed by atoms with Gasteiger partial charge in [0.1, 0.15) is 0 Å². The van der Waals surface area contributed by atoms with Crippen LogP contribution >= 0.6 is 31.9 Å². The lowest BCUT2D eigenvalue weighted by atomic mass is 10.1. The summed E-state index contributed by atoms with van der Waals surface area (Å²) in [6.45, 7) is 9.77. The molecule has 294 valence electrons. The van der Waals surface area contributed by atoms with E-state index in [-0.39, 0.29) is 22.2 Å². The quantitative estimate of drug-likeness (QED) is 0.139. The van der Waals surface area contributed by atoms with Gasteiger partial charge in [0, 0.05) is 110 Å². The molecule has 0 aliphatic rings. The number of nitrogens with zero attached hydrogens (tertiary/aromatic N) is 2. The van der Waals surface area contributed by atoms with Crippen molar-refractivity contribution in [3.05, 3.63) is 129 Å². The van der Waals surface area contributed by atoms with E-state index in [4.69, 9.17) is 0 Å². The van der Waals surface area contributed by atoms with E-state index >= 15 is 0 Å². The predicted octanol–water partition coefficient (Wildman–Crippen LogP) is 12.0.